The SMILES string of the molecule is COC(=O)[C@@H]1[C@@H](OC(c2ccc(F)cc2)c2ccc(F)cc2)C[C@H]2CC[C@@H]1N2CCCc1ccc(I)cc1. The van der Waals surface area contributed by atoms with E-state index in [2.05, 4.69) is 51.8 Å². The molecule has 4 atom stereocenters. The zero-order valence-corrected chi connectivity index (χ0v) is 23.5. The number of carbonyl (C=O) groups is 1. The summed E-state index contributed by atoms with van der Waals surface area (Å²) in [5, 5.41) is 0. The number of halogens is 3. The molecule has 3 aromatic carbocycles. The van der Waals surface area contributed by atoms with Crippen molar-refractivity contribution in [1.82, 2.24) is 4.90 Å². The van der Waals surface area contributed by atoms with Gasteiger partial charge in [-0.1, -0.05) is 36.4 Å². The fraction of sp³-hybridized carbons (Fsp3) is 0.387. The maximum absolute atomic E-state index is 13.7. The van der Waals surface area contributed by atoms with Crippen molar-refractivity contribution in [2.24, 2.45) is 5.92 Å². The number of fused-ring (bicyclic) bond motifs is 2. The summed E-state index contributed by atoms with van der Waals surface area (Å²) in [7, 11) is 1.43. The summed E-state index contributed by atoms with van der Waals surface area (Å²) in [6.07, 6.45) is 3.73. The van der Waals surface area contributed by atoms with Gasteiger partial charge in [0.25, 0.3) is 0 Å². The third-order valence-corrected chi connectivity index (χ3v) is 8.65. The van der Waals surface area contributed by atoms with E-state index in [1.807, 2.05) is 0 Å². The van der Waals surface area contributed by atoms with Crippen molar-refractivity contribution in [2.75, 3.05) is 13.7 Å². The molecule has 3 aromatic rings. The summed E-state index contributed by atoms with van der Waals surface area (Å²) in [6.45, 7) is 0.918. The second-order valence-corrected chi connectivity index (χ2v) is 11.5. The average Bonchev–Trinajstić information content (AvgIpc) is 3.20. The largest absolute Gasteiger partial charge is 0.469 e. The summed E-state index contributed by atoms with van der Waals surface area (Å²) in [4.78, 5) is 15.6. The normalized spacial score (nSPS) is 23.1. The fourth-order valence-corrected chi connectivity index (χ4v) is 6.48. The van der Waals surface area contributed by atoms with Crippen LogP contribution < -0.4 is 0 Å². The zero-order chi connectivity index (χ0) is 26.6. The van der Waals surface area contributed by atoms with Gasteiger partial charge in [-0.15, -0.1) is 0 Å². The van der Waals surface area contributed by atoms with Crippen LogP contribution in [0.4, 0.5) is 8.78 Å². The van der Waals surface area contributed by atoms with Crippen LogP contribution in [0.2, 0.25) is 0 Å². The van der Waals surface area contributed by atoms with Gasteiger partial charge in [-0.3, -0.25) is 9.69 Å². The molecule has 0 saturated carbocycles. The molecule has 5 rings (SSSR count). The molecule has 4 nitrogen and oxygen atoms in total. The number of carbonyl (C=O) groups excluding carboxylic acids is 1. The van der Waals surface area contributed by atoms with Gasteiger partial charge in [0.2, 0.25) is 0 Å². The Hall–Kier alpha value is -2.36. The van der Waals surface area contributed by atoms with Crippen LogP contribution in [-0.2, 0) is 20.7 Å². The Morgan fingerprint density at radius 3 is 2.13 bits per heavy atom. The number of hydrogen-bond donors (Lipinski definition) is 0. The molecule has 2 fully saturated rings. The highest BCUT2D eigenvalue weighted by Crippen LogP contribution is 2.43. The van der Waals surface area contributed by atoms with Gasteiger partial charge in [0.1, 0.15) is 17.7 Å². The Labute approximate surface area is 236 Å². The lowest BCUT2D eigenvalue weighted by molar-refractivity contribution is -0.163. The zero-order valence-electron chi connectivity index (χ0n) is 21.4. The lowest BCUT2D eigenvalue weighted by atomic mass is 9.86. The molecule has 0 amide bonds. The van der Waals surface area contributed by atoms with E-state index < -0.39 is 12.0 Å². The van der Waals surface area contributed by atoms with Crippen LogP contribution in [-0.4, -0.2) is 42.7 Å². The molecule has 0 spiro atoms. The van der Waals surface area contributed by atoms with E-state index in [0.717, 1.165) is 43.4 Å². The molecule has 0 radical (unpaired) electrons. The number of esters is 1. The summed E-state index contributed by atoms with van der Waals surface area (Å²) in [6, 6.07) is 21.3. The van der Waals surface area contributed by atoms with Crippen molar-refractivity contribution in [3.05, 3.63) is 105 Å². The second kappa shape index (κ2) is 12.2. The number of benzene rings is 3. The van der Waals surface area contributed by atoms with Crippen LogP contribution in [0.25, 0.3) is 0 Å². The molecule has 2 aliphatic heterocycles. The summed E-state index contributed by atoms with van der Waals surface area (Å²) < 4.78 is 40.6. The molecular weight excluding hydrogens is 599 g/mol. The standard InChI is InChI=1S/C31H32F2INO3/c1-37-31(36)29-27-17-16-26(35(27)18-2-3-20-4-14-25(34)15-5-20)19-28(29)38-30(21-6-10-23(32)11-7-21)22-8-12-24(33)13-9-22/h4-15,26-30H,2-3,16-19H2,1H3/t26-,27+,28+,29+/m1/s1. The number of nitrogens with zero attached hydrogens (tertiary/aromatic N) is 1. The number of methoxy groups -OCH3 is 1. The van der Waals surface area contributed by atoms with Crippen LogP contribution in [0.3, 0.4) is 0 Å². The monoisotopic (exact) mass is 631 g/mol. The highest BCUT2D eigenvalue weighted by molar-refractivity contribution is 14.1. The quantitative estimate of drug-likeness (QED) is 0.195. The first-order valence-electron chi connectivity index (χ1n) is 13.2. The Morgan fingerprint density at radius 2 is 1.55 bits per heavy atom. The van der Waals surface area contributed by atoms with E-state index in [-0.39, 0.29) is 29.7 Å². The summed E-state index contributed by atoms with van der Waals surface area (Å²) in [5.74, 6) is -1.37. The minimum absolute atomic E-state index is 0.0463. The molecule has 0 aromatic heterocycles. The molecule has 7 heteroatoms. The molecule has 0 aliphatic carbocycles. The highest BCUT2D eigenvalue weighted by Gasteiger charge is 2.51. The van der Waals surface area contributed by atoms with Gasteiger partial charge >= 0.3 is 5.97 Å². The van der Waals surface area contributed by atoms with Crippen molar-refractivity contribution in [3.8, 4) is 0 Å². The molecule has 2 bridgehead atoms. The van der Waals surface area contributed by atoms with Gasteiger partial charge in [0.15, 0.2) is 0 Å². The topological polar surface area (TPSA) is 38.8 Å². The van der Waals surface area contributed by atoms with Gasteiger partial charge in [0, 0.05) is 15.7 Å². The summed E-state index contributed by atoms with van der Waals surface area (Å²) in [5.41, 5.74) is 2.84. The Kier molecular flexibility index (Phi) is 8.75. The first kappa shape index (κ1) is 27.2. The average molecular weight is 632 g/mol. The number of hydrogen-bond acceptors (Lipinski definition) is 4. The maximum Gasteiger partial charge on any atom is 0.312 e. The van der Waals surface area contributed by atoms with Crippen LogP contribution in [0.15, 0.2) is 72.8 Å². The van der Waals surface area contributed by atoms with Crippen LogP contribution in [0.5, 0.6) is 0 Å². The Morgan fingerprint density at radius 1 is 0.947 bits per heavy atom. The minimum Gasteiger partial charge on any atom is -0.469 e. The van der Waals surface area contributed by atoms with Gasteiger partial charge in [-0.25, -0.2) is 8.78 Å². The molecule has 0 N–H and O–H groups in total. The van der Waals surface area contributed by atoms with Crippen molar-refractivity contribution >= 4 is 28.6 Å². The van der Waals surface area contributed by atoms with E-state index in [0.29, 0.717) is 12.5 Å². The minimum atomic E-state index is -0.555. The third-order valence-electron chi connectivity index (χ3n) is 7.93. The molecule has 0 unspecified atom stereocenters. The van der Waals surface area contributed by atoms with E-state index >= 15 is 0 Å². The Bertz CT molecular complexity index is 1170. The molecule has 2 saturated heterocycles. The van der Waals surface area contributed by atoms with E-state index in [4.69, 9.17) is 9.47 Å². The fourth-order valence-electron chi connectivity index (χ4n) is 6.12. The number of ether oxygens (including phenoxy) is 2. The lowest BCUT2D eigenvalue weighted by Gasteiger charge is -2.44. The van der Waals surface area contributed by atoms with Gasteiger partial charge in [0.05, 0.1) is 19.1 Å². The Balaban J connectivity index is 1.35. The van der Waals surface area contributed by atoms with E-state index in [9.17, 15) is 13.6 Å². The van der Waals surface area contributed by atoms with E-state index in [1.54, 1.807) is 24.3 Å². The first-order valence-corrected chi connectivity index (χ1v) is 14.2. The van der Waals surface area contributed by atoms with Crippen molar-refractivity contribution in [3.63, 3.8) is 0 Å². The van der Waals surface area contributed by atoms with Crippen molar-refractivity contribution in [2.45, 2.75) is 56.4 Å². The van der Waals surface area contributed by atoms with Crippen LogP contribution in [0.1, 0.15) is 48.5 Å². The molecule has 38 heavy (non-hydrogen) atoms. The maximum atomic E-state index is 13.7. The predicted octanol–water partition coefficient (Wildman–Crippen LogP) is 6.70. The van der Waals surface area contributed by atoms with Crippen LogP contribution in [0, 0.1) is 21.1 Å². The van der Waals surface area contributed by atoms with Crippen LogP contribution >= 0.6 is 22.6 Å². The van der Waals surface area contributed by atoms with Crippen molar-refractivity contribution < 1.29 is 23.0 Å². The van der Waals surface area contributed by atoms with E-state index in [1.165, 1.54) is 40.5 Å². The molecule has 2 aliphatic rings. The first-order chi connectivity index (χ1) is 18.4. The number of aryl methyl sites for hydroxylation is 1. The lowest BCUT2D eigenvalue weighted by Crippen LogP contribution is -2.55. The smallest absolute Gasteiger partial charge is 0.312 e. The second-order valence-electron chi connectivity index (χ2n) is 10.2. The third kappa shape index (κ3) is 6.10. The predicted molar refractivity (Wildman–Crippen MR) is 151 cm³/mol. The molecule has 200 valence electrons. The number of piperidine rings is 1. The molecule has 2 heterocycles. The summed E-state index contributed by atoms with van der Waals surface area (Å²) >= 11 is 2.32. The van der Waals surface area contributed by atoms with Gasteiger partial charge in [-0.2, -0.15) is 0 Å². The van der Waals surface area contributed by atoms with Gasteiger partial charge in [-0.05, 0) is 114 Å². The number of rotatable bonds is 9. The molecular formula is C31H32F2INO3. The van der Waals surface area contributed by atoms with Gasteiger partial charge < -0.3 is 9.47 Å². The van der Waals surface area contributed by atoms with Crippen molar-refractivity contribution in [1.29, 1.82) is 0 Å². The highest BCUT2D eigenvalue weighted by atomic mass is 127.